The highest BCUT2D eigenvalue weighted by molar-refractivity contribution is 4.33. The Morgan fingerprint density at radius 1 is 0.324 bits per heavy atom. The zero-order chi connectivity index (χ0) is 25.1. The molecule has 0 saturated heterocycles. The van der Waals surface area contributed by atoms with Gasteiger partial charge in [0.15, 0.2) is 0 Å². The second kappa shape index (κ2) is 84.5. The summed E-state index contributed by atoms with van der Waals surface area (Å²) >= 11 is 0. The summed E-state index contributed by atoms with van der Waals surface area (Å²) in [6.07, 6.45) is 19.1. The van der Waals surface area contributed by atoms with Crippen molar-refractivity contribution in [3.8, 4) is 0 Å². The van der Waals surface area contributed by atoms with Crippen LogP contribution in [0.1, 0.15) is 217 Å². The van der Waals surface area contributed by atoms with Gasteiger partial charge in [-0.3, -0.25) is 0 Å². The highest BCUT2D eigenvalue weighted by Gasteiger charge is 1.80. The third kappa shape index (κ3) is 254. The van der Waals surface area contributed by atoms with Crippen LogP contribution in [0.25, 0.3) is 0 Å². The van der Waals surface area contributed by atoms with Crippen molar-refractivity contribution in [3.05, 3.63) is 0 Å². The minimum absolute atomic E-state index is 0. The van der Waals surface area contributed by atoms with Gasteiger partial charge in [0.25, 0.3) is 0 Å². The first-order valence-corrected chi connectivity index (χ1v) is 14.2. The highest BCUT2D eigenvalue weighted by atomic mass is 13.9. The Labute approximate surface area is 228 Å². The van der Waals surface area contributed by atoms with Crippen molar-refractivity contribution in [1.29, 1.82) is 0 Å². The van der Waals surface area contributed by atoms with E-state index in [9.17, 15) is 0 Å². The second-order valence-electron chi connectivity index (χ2n) is 9.30. The molecule has 0 N–H and O–H groups in total. The van der Waals surface area contributed by atoms with Crippen LogP contribution in [0.15, 0.2) is 0 Å². The Kier molecular flexibility index (Phi) is 160. The average Bonchev–Trinajstić information content (AvgIpc) is 2.72. The van der Waals surface area contributed by atoms with Gasteiger partial charge in [0.1, 0.15) is 0 Å². The van der Waals surface area contributed by atoms with Crippen LogP contribution in [0.5, 0.6) is 0 Å². The van der Waals surface area contributed by atoms with Gasteiger partial charge in [-0.15, -0.1) is 0 Å². The lowest BCUT2D eigenvalue weighted by Gasteiger charge is -1.90. The van der Waals surface area contributed by atoms with E-state index in [1.54, 1.807) is 0 Å². The van der Waals surface area contributed by atoms with E-state index in [0.29, 0.717) is 0 Å². The molecule has 0 aliphatic rings. The Hall–Kier alpha value is 0. The van der Waals surface area contributed by atoms with Gasteiger partial charge in [0.2, 0.25) is 0 Å². The second-order valence-corrected chi connectivity index (χ2v) is 9.30. The van der Waals surface area contributed by atoms with Crippen molar-refractivity contribution in [3.63, 3.8) is 0 Å². The van der Waals surface area contributed by atoms with Crippen LogP contribution in [0.3, 0.4) is 0 Å². The summed E-state index contributed by atoms with van der Waals surface area (Å²) in [5.41, 5.74) is 0. The molecule has 0 aromatic rings. The monoisotopic (exact) mass is 497 g/mol. The number of hydrogen-bond acceptors (Lipinski definition) is 0. The van der Waals surface area contributed by atoms with Crippen molar-refractivity contribution in [1.82, 2.24) is 0 Å². The molecule has 0 rings (SSSR count). The fourth-order valence-electron chi connectivity index (χ4n) is 1.35. The van der Waals surface area contributed by atoms with Gasteiger partial charge >= 0.3 is 0 Å². The third-order valence-electron chi connectivity index (χ3n) is 3.94. The van der Waals surface area contributed by atoms with E-state index in [0.717, 1.165) is 11.8 Å². The van der Waals surface area contributed by atoms with Crippen LogP contribution in [0, 0.1) is 11.8 Å². The van der Waals surface area contributed by atoms with Gasteiger partial charge in [0, 0.05) is 0 Å². The van der Waals surface area contributed by atoms with Crippen LogP contribution in [-0.2, 0) is 0 Å². The number of hydrogen-bond donors (Lipinski definition) is 0. The lowest BCUT2D eigenvalue weighted by atomic mass is 10.2. The summed E-state index contributed by atoms with van der Waals surface area (Å²) in [6, 6.07) is 0. The fraction of sp³-hybridized carbons (Fsp3) is 1.00. The molecular formula is C34H88. The van der Waals surface area contributed by atoms with E-state index in [1.807, 2.05) is 0 Å². The van der Waals surface area contributed by atoms with Gasteiger partial charge in [-0.05, 0) is 11.8 Å². The summed E-state index contributed by atoms with van der Waals surface area (Å²) in [4.78, 5) is 0. The summed E-state index contributed by atoms with van der Waals surface area (Å²) in [5, 5.41) is 0. The van der Waals surface area contributed by atoms with Crippen molar-refractivity contribution in [2.45, 2.75) is 217 Å². The molecule has 0 heterocycles. The van der Waals surface area contributed by atoms with E-state index >= 15 is 0 Å². The van der Waals surface area contributed by atoms with Crippen molar-refractivity contribution < 1.29 is 0 Å². The van der Waals surface area contributed by atoms with Crippen molar-refractivity contribution in [2.24, 2.45) is 11.8 Å². The summed E-state index contributed by atoms with van der Waals surface area (Å²) in [7, 11) is 0. The van der Waals surface area contributed by atoms with Crippen LogP contribution in [0.4, 0.5) is 0 Å². The predicted molar refractivity (Wildman–Crippen MR) is 178 cm³/mol. The van der Waals surface area contributed by atoms with Crippen molar-refractivity contribution in [2.75, 3.05) is 0 Å². The van der Waals surface area contributed by atoms with Crippen LogP contribution in [0.2, 0.25) is 0 Å². The molecule has 0 amide bonds. The van der Waals surface area contributed by atoms with E-state index in [1.165, 1.54) is 89.9 Å². The molecule has 0 nitrogen and oxygen atoms in total. The number of unbranched alkanes of at least 4 members (excludes halogenated alkanes) is 9. The Bertz CT molecular complexity index is 146. The Balaban J connectivity index is -0.0000000250. The third-order valence-corrected chi connectivity index (χ3v) is 3.94. The average molecular weight is 497 g/mol. The summed E-state index contributed by atoms with van der Waals surface area (Å²) in [5.74, 6) is 1.72. The molecule has 0 aliphatic heterocycles. The Morgan fingerprint density at radius 3 is 0.500 bits per heavy atom. The molecule has 0 saturated carbocycles. The van der Waals surface area contributed by atoms with E-state index in [4.69, 9.17) is 0 Å². The lowest BCUT2D eigenvalue weighted by Crippen LogP contribution is -1.77. The zero-order valence-corrected chi connectivity index (χ0v) is 25.1. The molecule has 0 spiro atoms. The van der Waals surface area contributed by atoms with Crippen molar-refractivity contribution >= 4 is 0 Å². The number of rotatable bonds is 10. The quantitative estimate of drug-likeness (QED) is 0.264. The van der Waals surface area contributed by atoms with Gasteiger partial charge in [-0.2, -0.15) is 0 Å². The maximum absolute atomic E-state index is 2.23. The van der Waals surface area contributed by atoms with Gasteiger partial charge in [-0.1, -0.05) is 217 Å². The zero-order valence-electron chi connectivity index (χ0n) is 25.1. The largest absolute Gasteiger partial charge is 0.0776 e. The molecular weight excluding hydrogens is 408 g/mol. The molecule has 0 atom stereocenters. The lowest BCUT2D eigenvalue weighted by molar-refractivity contribution is 0.626. The first-order valence-electron chi connectivity index (χ1n) is 14.2. The summed E-state index contributed by atoms with van der Waals surface area (Å²) in [6.45, 7) is 30.9. The Morgan fingerprint density at radius 2 is 0.471 bits per heavy atom. The van der Waals surface area contributed by atoms with Gasteiger partial charge in [-0.25, -0.2) is 0 Å². The van der Waals surface area contributed by atoms with E-state index in [2.05, 4.69) is 96.9 Å². The predicted octanol–water partition coefficient (Wildman–Crippen LogP) is 15.4. The molecule has 0 unspecified atom stereocenters. The van der Waals surface area contributed by atoms with Crippen LogP contribution in [-0.4, -0.2) is 0 Å². The first kappa shape index (κ1) is 64.3. The minimum atomic E-state index is 0. The van der Waals surface area contributed by atoms with Crippen LogP contribution >= 0.6 is 0 Å². The maximum Gasteiger partial charge on any atom is -0.0474 e. The highest BCUT2D eigenvalue weighted by Crippen LogP contribution is 1.96. The molecule has 0 fully saturated rings. The maximum atomic E-state index is 2.23. The van der Waals surface area contributed by atoms with Gasteiger partial charge < -0.3 is 0 Å². The van der Waals surface area contributed by atoms with E-state index < -0.39 is 0 Å². The molecule has 0 aromatic carbocycles. The molecule has 34 heavy (non-hydrogen) atoms. The normalized spacial score (nSPS) is 7.76. The fourth-order valence-corrected chi connectivity index (χ4v) is 1.35. The molecule has 0 heteroatoms. The molecule has 0 aliphatic carbocycles. The topological polar surface area (TPSA) is 0 Å². The smallest absolute Gasteiger partial charge is 0.0474 e. The SMILES string of the molecule is C.C.C.C.CC(C)C.CCC(C)C.CCCC.CCCCC.CCCCCC.CCCCCC. The first-order chi connectivity index (χ1) is 14.2. The van der Waals surface area contributed by atoms with Gasteiger partial charge in [0.05, 0.1) is 0 Å². The summed E-state index contributed by atoms with van der Waals surface area (Å²) < 4.78 is 0. The minimum Gasteiger partial charge on any atom is -0.0776 e. The molecule has 0 radical (unpaired) electrons. The van der Waals surface area contributed by atoms with Crippen LogP contribution < -0.4 is 0 Å². The molecule has 0 bridgehead atoms. The molecule has 0 aromatic heterocycles. The van der Waals surface area contributed by atoms with E-state index in [-0.39, 0.29) is 29.7 Å². The molecule has 224 valence electrons. The standard InChI is InChI=1S/2C6H14.2C5H12.2C4H10.4CH4/c2*1-3-5-6-4-2;1-4-5(2)3;1-3-5-4-2;1-4(2)3;1-3-4-2;;;;/h2*3-6H2,1-2H3;5H,4H2,1-3H3;3-5H2,1-2H3;4H,1-3H3;3-4H2,1-2H3;4*1H4.